The van der Waals surface area contributed by atoms with Crippen LogP contribution in [0.1, 0.15) is 154 Å². The van der Waals surface area contributed by atoms with Gasteiger partial charge in [-0.15, -0.1) is 19.7 Å². The van der Waals surface area contributed by atoms with Gasteiger partial charge in [0.25, 0.3) is 0 Å². The summed E-state index contributed by atoms with van der Waals surface area (Å²) in [4.78, 5) is 0. The summed E-state index contributed by atoms with van der Waals surface area (Å²) in [5.41, 5.74) is 0. The molecule has 0 saturated heterocycles. The average Bonchev–Trinajstić information content (AvgIpc) is 2.87. The molecule has 1 N–H and O–H groups in total. The van der Waals surface area contributed by atoms with Crippen molar-refractivity contribution in [3.8, 4) is 0 Å². The number of hydrogen-bond acceptors (Lipinski definition) is 2. The topological polar surface area (TPSA) is 29.5 Å². The third-order valence-corrected chi connectivity index (χ3v) is 6.46. The summed E-state index contributed by atoms with van der Waals surface area (Å²) in [6.45, 7) is 13.5. The van der Waals surface area contributed by atoms with E-state index in [2.05, 4.69) is 19.7 Å². The van der Waals surface area contributed by atoms with Crippen LogP contribution in [-0.2, 0) is 4.74 Å². The van der Waals surface area contributed by atoms with E-state index in [4.69, 9.17) is 9.84 Å². The maximum atomic E-state index is 8.53. The molecule has 0 atom stereocenters. The zero-order chi connectivity index (χ0) is 25.9. The largest absolute Gasteiger partial charge is 0.396 e. The highest BCUT2D eigenvalue weighted by atomic mass is 16.5. The Morgan fingerprint density at radius 2 is 0.629 bits per heavy atom. The molecule has 35 heavy (non-hydrogen) atoms. The highest BCUT2D eigenvalue weighted by molar-refractivity contribution is 4.66. The second kappa shape index (κ2) is 37.7. The Morgan fingerprint density at radius 3 is 0.914 bits per heavy atom. The fourth-order valence-corrected chi connectivity index (χ4v) is 4.14. The number of aliphatic hydroxyl groups excluding tert-OH is 1. The standard InChI is InChI=1S/C22H42O.C11H22O/c1-3-5-7-9-11-13-15-17-19-21-23-22-20-18-16-14-12-10-8-6-4-2;1-2-3-4-5-6-7-8-9-10-11-12/h3-4H,1-2,5-22H2;2,12H,1,3-11H2. The van der Waals surface area contributed by atoms with E-state index in [9.17, 15) is 0 Å². The number of ether oxygens (including phenoxy) is 1. The first-order valence-electron chi connectivity index (χ1n) is 15.3. The van der Waals surface area contributed by atoms with Crippen LogP contribution in [0.5, 0.6) is 0 Å². The molecule has 0 radical (unpaired) electrons. The predicted octanol–water partition coefficient (Wildman–Crippen LogP) is 10.9. The molecule has 0 saturated carbocycles. The van der Waals surface area contributed by atoms with Crippen molar-refractivity contribution >= 4 is 0 Å². The van der Waals surface area contributed by atoms with Gasteiger partial charge in [-0.1, -0.05) is 115 Å². The Balaban J connectivity index is 0. The first kappa shape index (κ1) is 36.3. The van der Waals surface area contributed by atoms with E-state index < -0.39 is 0 Å². The van der Waals surface area contributed by atoms with Crippen molar-refractivity contribution in [2.75, 3.05) is 19.8 Å². The fourth-order valence-electron chi connectivity index (χ4n) is 4.14. The van der Waals surface area contributed by atoms with Crippen LogP contribution in [0.2, 0.25) is 0 Å². The highest BCUT2D eigenvalue weighted by Crippen LogP contribution is 2.11. The Labute approximate surface area is 221 Å². The summed E-state index contributed by atoms with van der Waals surface area (Å²) in [7, 11) is 0. The summed E-state index contributed by atoms with van der Waals surface area (Å²) in [5.74, 6) is 0. The van der Waals surface area contributed by atoms with Crippen LogP contribution in [0.3, 0.4) is 0 Å². The van der Waals surface area contributed by atoms with Crippen molar-refractivity contribution in [2.45, 2.75) is 154 Å². The molecular weight excluding hydrogens is 428 g/mol. The summed E-state index contributed by atoms with van der Waals surface area (Å²) in [6.07, 6.45) is 37.2. The van der Waals surface area contributed by atoms with Gasteiger partial charge in [0.05, 0.1) is 0 Å². The molecule has 0 aliphatic rings. The van der Waals surface area contributed by atoms with Gasteiger partial charge in [0.1, 0.15) is 0 Å². The third kappa shape index (κ3) is 40.6. The molecule has 0 heterocycles. The average molecular weight is 493 g/mol. The van der Waals surface area contributed by atoms with Crippen LogP contribution < -0.4 is 0 Å². The Bertz CT molecular complexity index is 367. The highest BCUT2D eigenvalue weighted by Gasteiger charge is 1.94. The molecule has 0 unspecified atom stereocenters. The minimum atomic E-state index is 0.358. The molecule has 0 aliphatic heterocycles. The molecule has 0 fully saturated rings. The second-order valence-corrected chi connectivity index (χ2v) is 9.99. The van der Waals surface area contributed by atoms with E-state index in [-0.39, 0.29) is 0 Å². The quantitative estimate of drug-likeness (QED) is 0.0830. The van der Waals surface area contributed by atoms with Gasteiger partial charge in [0.15, 0.2) is 0 Å². The SMILES string of the molecule is C=CCCCCCCCCCO.C=CCCCCCCCCCOCCCCCCCCCC=C. The first-order chi connectivity index (χ1) is 17.3. The molecule has 2 nitrogen and oxygen atoms in total. The smallest absolute Gasteiger partial charge is 0.0466 e. The van der Waals surface area contributed by atoms with Gasteiger partial charge in [-0.25, -0.2) is 0 Å². The van der Waals surface area contributed by atoms with Gasteiger partial charge in [0, 0.05) is 19.8 Å². The first-order valence-corrected chi connectivity index (χ1v) is 15.3. The normalized spacial score (nSPS) is 10.5. The van der Waals surface area contributed by atoms with Crippen LogP contribution in [0.4, 0.5) is 0 Å². The molecule has 0 amide bonds. The van der Waals surface area contributed by atoms with Crippen LogP contribution in [0.25, 0.3) is 0 Å². The lowest BCUT2D eigenvalue weighted by Gasteiger charge is -2.05. The van der Waals surface area contributed by atoms with Gasteiger partial charge in [-0.2, -0.15) is 0 Å². The van der Waals surface area contributed by atoms with Crippen LogP contribution >= 0.6 is 0 Å². The summed E-state index contributed by atoms with van der Waals surface area (Å²) in [5, 5.41) is 8.53. The second-order valence-electron chi connectivity index (χ2n) is 9.99. The van der Waals surface area contributed by atoms with Crippen LogP contribution in [0.15, 0.2) is 38.0 Å². The monoisotopic (exact) mass is 492 g/mol. The van der Waals surface area contributed by atoms with E-state index >= 15 is 0 Å². The van der Waals surface area contributed by atoms with Crippen molar-refractivity contribution in [1.82, 2.24) is 0 Å². The van der Waals surface area contributed by atoms with Gasteiger partial charge in [-0.05, 0) is 57.8 Å². The number of rotatable bonds is 29. The number of aliphatic hydroxyl groups is 1. The number of hydrogen-bond donors (Lipinski definition) is 1. The maximum absolute atomic E-state index is 8.53. The van der Waals surface area contributed by atoms with Gasteiger partial charge < -0.3 is 9.84 Å². The van der Waals surface area contributed by atoms with Gasteiger partial charge >= 0.3 is 0 Å². The molecular formula is C33H64O2. The molecule has 0 aliphatic carbocycles. The molecule has 0 aromatic carbocycles. The van der Waals surface area contributed by atoms with Crippen molar-refractivity contribution in [3.63, 3.8) is 0 Å². The number of allylic oxidation sites excluding steroid dienone is 3. The van der Waals surface area contributed by atoms with E-state index in [1.807, 2.05) is 18.2 Å². The van der Waals surface area contributed by atoms with Gasteiger partial charge in [-0.3, -0.25) is 0 Å². The molecule has 0 rings (SSSR count). The van der Waals surface area contributed by atoms with E-state index in [0.29, 0.717) is 6.61 Å². The zero-order valence-electron chi connectivity index (χ0n) is 23.8. The van der Waals surface area contributed by atoms with E-state index in [1.54, 1.807) is 0 Å². The van der Waals surface area contributed by atoms with Crippen molar-refractivity contribution in [1.29, 1.82) is 0 Å². The van der Waals surface area contributed by atoms with E-state index in [1.165, 1.54) is 141 Å². The summed E-state index contributed by atoms with van der Waals surface area (Å²) < 4.78 is 5.73. The molecule has 0 bridgehead atoms. The Hall–Kier alpha value is -0.860. The fraction of sp³-hybridized carbons (Fsp3) is 0.818. The Morgan fingerprint density at radius 1 is 0.371 bits per heavy atom. The predicted molar refractivity (Wildman–Crippen MR) is 159 cm³/mol. The summed E-state index contributed by atoms with van der Waals surface area (Å²) in [6, 6.07) is 0. The Kier molecular flexibility index (Phi) is 39.1. The van der Waals surface area contributed by atoms with Crippen LogP contribution in [0, 0.1) is 0 Å². The minimum absolute atomic E-state index is 0.358. The van der Waals surface area contributed by atoms with E-state index in [0.717, 1.165) is 26.1 Å². The molecule has 0 aromatic rings. The number of unbranched alkanes of at least 4 members (excludes halogenated alkanes) is 21. The molecule has 208 valence electrons. The van der Waals surface area contributed by atoms with Crippen molar-refractivity contribution < 1.29 is 9.84 Å². The molecule has 0 aromatic heterocycles. The lowest BCUT2D eigenvalue weighted by molar-refractivity contribution is 0.125. The third-order valence-electron chi connectivity index (χ3n) is 6.46. The molecule has 2 heteroatoms. The maximum Gasteiger partial charge on any atom is 0.0466 e. The molecule has 0 spiro atoms. The lowest BCUT2D eigenvalue weighted by Crippen LogP contribution is -1.97. The zero-order valence-corrected chi connectivity index (χ0v) is 23.8. The van der Waals surface area contributed by atoms with Gasteiger partial charge in [0.2, 0.25) is 0 Å². The summed E-state index contributed by atoms with van der Waals surface area (Å²) >= 11 is 0. The van der Waals surface area contributed by atoms with Crippen LogP contribution in [-0.4, -0.2) is 24.9 Å². The minimum Gasteiger partial charge on any atom is -0.396 e. The lowest BCUT2D eigenvalue weighted by atomic mass is 10.1. The van der Waals surface area contributed by atoms with Crippen molar-refractivity contribution in [2.24, 2.45) is 0 Å². The van der Waals surface area contributed by atoms with Crippen molar-refractivity contribution in [3.05, 3.63) is 38.0 Å².